The lowest BCUT2D eigenvalue weighted by Gasteiger charge is -2.26. The summed E-state index contributed by atoms with van der Waals surface area (Å²) in [7, 11) is 0. The molecule has 1 N–H and O–H groups in total. The zero-order chi connectivity index (χ0) is 15.5. The number of hydrogen-bond donors (Lipinski definition) is 1. The van der Waals surface area contributed by atoms with Gasteiger partial charge in [-0.05, 0) is 54.0 Å². The number of phenolic OH excluding ortho intramolecular Hbond substituents is 1. The molecule has 0 spiro atoms. The summed E-state index contributed by atoms with van der Waals surface area (Å²) in [5.74, 6) is -0.181. The van der Waals surface area contributed by atoms with E-state index >= 15 is 0 Å². The normalized spacial score (nSPS) is 14.6. The number of carbonyl (C=O) groups excluding carboxylic acids is 1. The van der Waals surface area contributed by atoms with Crippen molar-refractivity contribution in [3.05, 3.63) is 71.6 Å². The summed E-state index contributed by atoms with van der Waals surface area (Å²) in [5, 5.41) is 9.32. The Kier molecular flexibility index (Phi) is 3.92. The van der Waals surface area contributed by atoms with Gasteiger partial charge < -0.3 is 10.0 Å². The standard InChI is InChI=1S/C18H16FNO2/c19-16-5-1-15(2-6-16)18(22)20-11-9-14(10-12-20)13-3-7-17(21)8-4-13/h1-9,21H,10-12H2. The number of carbonyl (C=O) groups is 1. The van der Waals surface area contributed by atoms with Crippen LogP contribution in [-0.4, -0.2) is 29.0 Å². The maximum absolute atomic E-state index is 12.9. The van der Waals surface area contributed by atoms with E-state index in [1.165, 1.54) is 29.8 Å². The highest BCUT2D eigenvalue weighted by Gasteiger charge is 2.19. The first-order valence-electron chi connectivity index (χ1n) is 7.17. The van der Waals surface area contributed by atoms with Crippen LogP contribution in [0.2, 0.25) is 0 Å². The Labute approximate surface area is 128 Å². The second kappa shape index (κ2) is 6.02. The van der Waals surface area contributed by atoms with Gasteiger partial charge in [0.1, 0.15) is 11.6 Å². The van der Waals surface area contributed by atoms with E-state index in [9.17, 15) is 14.3 Å². The van der Waals surface area contributed by atoms with E-state index in [1.807, 2.05) is 18.2 Å². The minimum absolute atomic E-state index is 0.0824. The molecule has 1 aliphatic heterocycles. The molecule has 0 radical (unpaired) electrons. The lowest BCUT2D eigenvalue weighted by molar-refractivity contribution is 0.0773. The molecule has 3 nitrogen and oxygen atoms in total. The molecule has 0 saturated heterocycles. The van der Waals surface area contributed by atoms with Gasteiger partial charge in [0.2, 0.25) is 0 Å². The molecular weight excluding hydrogens is 281 g/mol. The van der Waals surface area contributed by atoms with E-state index < -0.39 is 0 Å². The smallest absolute Gasteiger partial charge is 0.254 e. The van der Waals surface area contributed by atoms with Crippen LogP contribution in [0.3, 0.4) is 0 Å². The van der Waals surface area contributed by atoms with E-state index in [4.69, 9.17) is 0 Å². The van der Waals surface area contributed by atoms with E-state index in [1.54, 1.807) is 17.0 Å². The van der Waals surface area contributed by atoms with E-state index in [0.29, 0.717) is 18.7 Å². The number of halogens is 1. The van der Waals surface area contributed by atoms with Crippen molar-refractivity contribution in [2.75, 3.05) is 13.1 Å². The number of aromatic hydroxyl groups is 1. The summed E-state index contributed by atoms with van der Waals surface area (Å²) in [4.78, 5) is 14.1. The second-order valence-corrected chi connectivity index (χ2v) is 5.28. The van der Waals surface area contributed by atoms with Crippen molar-refractivity contribution in [3.63, 3.8) is 0 Å². The van der Waals surface area contributed by atoms with Gasteiger partial charge in [0.25, 0.3) is 5.91 Å². The van der Waals surface area contributed by atoms with Crippen molar-refractivity contribution in [1.29, 1.82) is 0 Å². The Hall–Kier alpha value is -2.62. The maximum Gasteiger partial charge on any atom is 0.254 e. The van der Waals surface area contributed by atoms with Crippen LogP contribution in [-0.2, 0) is 0 Å². The van der Waals surface area contributed by atoms with Gasteiger partial charge in [-0.25, -0.2) is 4.39 Å². The predicted molar refractivity (Wildman–Crippen MR) is 83.0 cm³/mol. The van der Waals surface area contributed by atoms with Crippen molar-refractivity contribution in [1.82, 2.24) is 4.90 Å². The minimum atomic E-state index is -0.343. The minimum Gasteiger partial charge on any atom is -0.508 e. The Balaban J connectivity index is 1.71. The molecule has 22 heavy (non-hydrogen) atoms. The molecule has 0 aromatic heterocycles. The molecule has 2 aromatic rings. The van der Waals surface area contributed by atoms with Crippen molar-refractivity contribution < 1.29 is 14.3 Å². The molecular formula is C18H16FNO2. The number of amides is 1. The Bertz CT molecular complexity index is 705. The fourth-order valence-corrected chi connectivity index (χ4v) is 2.57. The van der Waals surface area contributed by atoms with Gasteiger partial charge >= 0.3 is 0 Å². The van der Waals surface area contributed by atoms with Gasteiger partial charge in [0, 0.05) is 18.7 Å². The predicted octanol–water partition coefficient (Wildman–Crippen LogP) is 3.46. The molecule has 1 aliphatic rings. The topological polar surface area (TPSA) is 40.5 Å². The first-order chi connectivity index (χ1) is 10.6. The summed E-state index contributed by atoms with van der Waals surface area (Å²) in [5.41, 5.74) is 2.73. The number of nitrogens with zero attached hydrogens (tertiary/aromatic N) is 1. The molecule has 2 aromatic carbocycles. The van der Waals surface area contributed by atoms with Crippen LogP contribution in [0.25, 0.3) is 5.57 Å². The third-order valence-electron chi connectivity index (χ3n) is 3.83. The SMILES string of the molecule is O=C(c1ccc(F)cc1)N1CC=C(c2ccc(O)cc2)CC1. The molecule has 0 unspecified atom stereocenters. The summed E-state index contributed by atoms with van der Waals surface area (Å²) in [6.07, 6.45) is 2.79. The van der Waals surface area contributed by atoms with E-state index in [2.05, 4.69) is 0 Å². The average Bonchev–Trinajstić information content (AvgIpc) is 2.56. The first-order valence-corrected chi connectivity index (χ1v) is 7.17. The highest BCUT2D eigenvalue weighted by Crippen LogP contribution is 2.24. The quantitative estimate of drug-likeness (QED) is 0.922. The van der Waals surface area contributed by atoms with Crippen molar-refractivity contribution in [3.8, 4) is 5.75 Å². The van der Waals surface area contributed by atoms with Gasteiger partial charge in [-0.1, -0.05) is 18.2 Å². The monoisotopic (exact) mass is 297 g/mol. The molecule has 3 rings (SSSR count). The highest BCUT2D eigenvalue weighted by atomic mass is 19.1. The Morgan fingerprint density at radius 2 is 1.73 bits per heavy atom. The fourth-order valence-electron chi connectivity index (χ4n) is 2.57. The van der Waals surface area contributed by atoms with E-state index in [0.717, 1.165) is 12.0 Å². The average molecular weight is 297 g/mol. The Morgan fingerprint density at radius 3 is 2.32 bits per heavy atom. The van der Waals surface area contributed by atoms with Gasteiger partial charge in [0.15, 0.2) is 0 Å². The highest BCUT2D eigenvalue weighted by molar-refractivity contribution is 5.94. The van der Waals surface area contributed by atoms with Crippen LogP contribution in [0.15, 0.2) is 54.6 Å². The summed E-state index contributed by atoms with van der Waals surface area (Å²) in [6.45, 7) is 1.16. The van der Waals surface area contributed by atoms with Gasteiger partial charge in [0.05, 0.1) is 0 Å². The first kappa shape index (κ1) is 14.3. The van der Waals surface area contributed by atoms with Crippen LogP contribution in [0.4, 0.5) is 4.39 Å². The molecule has 112 valence electrons. The van der Waals surface area contributed by atoms with Crippen molar-refractivity contribution >= 4 is 11.5 Å². The number of phenols is 1. The lowest BCUT2D eigenvalue weighted by Crippen LogP contribution is -2.34. The maximum atomic E-state index is 12.9. The fraction of sp³-hybridized carbons (Fsp3) is 0.167. The molecule has 1 heterocycles. The molecule has 0 bridgehead atoms. The zero-order valence-electron chi connectivity index (χ0n) is 12.0. The van der Waals surface area contributed by atoms with Crippen molar-refractivity contribution in [2.24, 2.45) is 0 Å². The molecule has 4 heteroatoms. The second-order valence-electron chi connectivity index (χ2n) is 5.28. The lowest BCUT2D eigenvalue weighted by atomic mass is 9.99. The number of benzene rings is 2. The third kappa shape index (κ3) is 3.01. The van der Waals surface area contributed by atoms with E-state index in [-0.39, 0.29) is 17.5 Å². The third-order valence-corrected chi connectivity index (χ3v) is 3.83. The zero-order valence-corrected chi connectivity index (χ0v) is 12.0. The molecule has 0 fully saturated rings. The van der Waals surface area contributed by atoms with Gasteiger partial charge in [-0.3, -0.25) is 4.79 Å². The summed E-state index contributed by atoms with van der Waals surface area (Å²) < 4.78 is 12.9. The number of rotatable bonds is 2. The Morgan fingerprint density at radius 1 is 1.05 bits per heavy atom. The van der Waals surface area contributed by atoms with Crippen LogP contribution in [0.1, 0.15) is 22.3 Å². The largest absolute Gasteiger partial charge is 0.508 e. The molecule has 1 amide bonds. The van der Waals surface area contributed by atoms with Crippen LogP contribution < -0.4 is 0 Å². The van der Waals surface area contributed by atoms with Crippen molar-refractivity contribution in [2.45, 2.75) is 6.42 Å². The number of hydrogen-bond acceptors (Lipinski definition) is 2. The summed E-state index contributed by atoms with van der Waals surface area (Å²) >= 11 is 0. The van der Waals surface area contributed by atoms with Crippen LogP contribution in [0.5, 0.6) is 5.75 Å². The van der Waals surface area contributed by atoms with Gasteiger partial charge in [-0.15, -0.1) is 0 Å². The van der Waals surface area contributed by atoms with Gasteiger partial charge in [-0.2, -0.15) is 0 Å². The molecule has 0 saturated carbocycles. The molecule has 0 atom stereocenters. The summed E-state index contributed by atoms with van der Waals surface area (Å²) in [6, 6.07) is 12.7. The molecule has 0 aliphatic carbocycles. The van der Waals surface area contributed by atoms with Crippen LogP contribution in [0, 0.1) is 5.82 Å². The van der Waals surface area contributed by atoms with Crippen LogP contribution >= 0.6 is 0 Å².